The van der Waals surface area contributed by atoms with Crippen LogP contribution in [0.25, 0.3) is 0 Å². The summed E-state index contributed by atoms with van der Waals surface area (Å²) in [7, 11) is 1.69. The van der Waals surface area contributed by atoms with Gasteiger partial charge in [0.1, 0.15) is 11.9 Å². The molecule has 0 aromatic heterocycles. The number of hydrogen-bond acceptors (Lipinski definition) is 3. The van der Waals surface area contributed by atoms with Crippen molar-refractivity contribution in [2.24, 2.45) is 5.92 Å². The molecule has 2 aliphatic rings. The largest absolute Gasteiger partial charge is 0.495 e. The van der Waals surface area contributed by atoms with E-state index in [1.165, 1.54) is 32.1 Å². The normalized spacial score (nSPS) is 26.0. The van der Waals surface area contributed by atoms with Crippen molar-refractivity contribution in [3.05, 3.63) is 11.8 Å². The van der Waals surface area contributed by atoms with Crippen molar-refractivity contribution < 1.29 is 14.6 Å². The number of aliphatic hydroxyl groups is 1. The quantitative estimate of drug-likeness (QED) is 0.799. The highest BCUT2D eigenvalue weighted by Crippen LogP contribution is 2.31. The maximum absolute atomic E-state index is 10.2. The predicted octanol–water partition coefficient (Wildman–Crippen LogP) is 2.25. The van der Waals surface area contributed by atoms with Crippen LogP contribution in [0.4, 0.5) is 0 Å². The van der Waals surface area contributed by atoms with Gasteiger partial charge in [0.25, 0.3) is 0 Å². The zero-order valence-corrected chi connectivity index (χ0v) is 10.0. The Morgan fingerprint density at radius 3 is 2.69 bits per heavy atom. The van der Waals surface area contributed by atoms with Crippen LogP contribution in [-0.4, -0.2) is 31.0 Å². The van der Waals surface area contributed by atoms with Crippen molar-refractivity contribution in [3.8, 4) is 0 Å². The van der Waals surface area contributed by atoms with E-state index in [1.54, 1.807) is 7.11 Å². The van der Waals surface area contributed by atoms with E-state index in [9.17, 15) is 5.11 Å². The summed E-state index contributed by atoms with van der Waals surface area (Å²) in [4.78, 5) is 0. The molecule has 0 radical (unpaired) electrons. The van der Waals surface area contributed by atoms with Crippen LogP contribution < -0.4 is 0 Å². The average molecular weight is 226 g/mol. The first-order valence-corrected chi connectivity index (χ1v) is 6.36. The molecule has 3 heteroatoms. The molecular formula is C13H22O3. The SMILES string of the molecule is COC(C1CCCCC1)C(O)C1=CCCO1. The Bertz CT molecular complexity index is 244. The molecule has 16 heavy (non-hydrogen) atoms. The lowest BCUT2D eigenvalue weighted by atomic mass is 9.83. The van der Waals surface area contributed by atoms with Gasteiger partial charge in [0.15, 0.2) is 0 Å². The Balaban J connectivity index is 1.96. The van der Waals surface area contributed by atoms with Gasteiger partial charge in [-0.15, -0.1) is 0 Å². The van der Waals surface area contributed by atoms with E-state index in [2.05, 4.69) is 0 Å². The van der Waals surface area contributed by atoms with Crippen molar-refractivity contribution in [3.63, 3.8) is 0 Å². The van der Waals surface area contributed by atoms with E-state index in [0.29, 0.717) is 12.5 Å². The predicted molar refractivity (Wildman–Crippen MR) is 62.0 cm³/mol. The zero-order chi connectivity index (χ0) is 11.4. The number of hydrogen-bond donors (Lipinski definition) is 1. The van der Waals surface area contributed by atoms with Crippen LogP contribution in [0.15, 0.2) is 11.8 Å². The molecule has 1 N–H and O–H groups in total. The van der Waals surface area contributed by atoms with E-state index in [0.717, 1.165) is 12.2 Å². The van der Waals surface area contributed by atoms with Crippen LogP contribution >= 0.6 is 0 Å². The standard InChI is InChI=1S/C13H22O3/c1-15-13(10-6-3-2-4-7-10)12(14)11-8-5-9-16-11/h8,10,12-14H,2-7,9H2,1H3. The second kappa shape index (κ2) is 5.69. The Morgan fingerprint density at radius 2 is 2.12 bits per heavy atom. The summed E-state index contributed by atoms with van der Waals surface area (Å²) < 4.78 is 10.9. The molecule has 1 heterocycles. The lowest BCUT2D eigenvalue weighted by Crippen LogP contribution is -2.37. The van der Waals surface area contributed by atoms with Gasteiger partial charge in [0, 0.05) is 13.5 Å². The Hall–Kier alpha value is -0.540. The molecule has 1 aliphatic heterocycles. The Labute approximate surface area is 97.4 Å². The maximum Gasteiger partial charge on any atom is 0.137 e. The molecule has 1 saturated carbocycles. The molecule has 2 atom stereocenters. The van der Waals surface area contributed by atoms with Gasteiger partial charge in [0.2, 0.25) is 0 Å². The third kappa shape index (κ3) is 2.58. The first-order chi connectivity index (χ1) is 7.83. The molecule has 0 saturated heterocycles. The minimum atomic E-state index is -0.574. The minimum absolute atomic E-state index is 0.0929. The van der Waals surface area contributed by atoms with Crippen molar-refractivity contribution >= 4 is 0 Å². The van der Waals surface area contributed by atoms with E-state index in [4.69, 9.17) is 9.47 Å². The zero-order valence-electron chi connectivity index (χ0n) is 10.0. The van der Waals surface area contributed by atoms with Crippen LogP contribution in [0.3, 0.4) is 0 Å². The molecule has 0 aromatic rings. The van der Waals surface area contributed by atoms with Gasteiger partial charge in [-0.25, -0.2) is 0 Å². The second-order valence-corrected chi connectivity index (χ2v) is 4.79. The summed E-state index contributed by atoms with van der Waals surface area (Å²) in [6.07, 6.45) is 8.41. The third-order valence-corrected chi connectivity index (χ3v) is 3.72. The van der Waals surface area contributed by atoms with E-state index in [-0.39, 0.29) is 6.10 Å². The van der Waals surface area contributed by atoms with Crippen molar-refractivity contribution in [2.45, 2.75) is 50.7 Å². The van der Waals surface area contributed by atoms with Gasteiger partial charge in [-0.1, -0.05) is 19.3 Å². The maximum atomic E-state index is 10.2. The monoisotopic (exact) mass is 226 g/mol. The lowest BCUT2D eigenvalue weighted by Gasteiger charge is -2.32. The Kier molecular flexibility index (Phi) is 4.24. The van der Waals surface area contributed by atoms with E-state index >= 15 is 0 Å². The third-order valence-electron chi connectivity index (χ3n) is 3.72. The topological polar surface area (TPSA) is 38.7 Å². The van der Waals surface area contributed by atoms with Gasteiger partial charge in [-0.05, 0) is 24.8 Å². The second-order valence-electron chi connectivity index (χ2n) is 4.79. The summed E-state index contributed by atoms with van der Waals surface area (Å²) in [5.41, 5.74) is 0. The van der Waals surface area contributed by atoms with Crippen LogP contribution in [0.1, 0.15) is 38.5 Å². The summed E-state index contributed by atoms with van der Waals surface area (Å²) >= 11 is 0. The first kappa shape index (κ1) is 11.9. The molecule has 3 nitrogen and oxygen atoms in total. The van der Waals surface area contributed by atoms with Crippen molar-refractivity contribution in [1.82, 2.24) is 0 Å². The van der Waals surface area contributed by atoms with Gasteiger partial charge in [-0.3, -0.25) is 0 Å². The van der Waals surface area contributed by atoms with Gasteiger partial charge < -0.3 is 14.6 Å². The van der Waals surface area contributed by atoms with Gasteiger partial charge >= 0.3 is 0 Å². The number of rotatable bonds is 4. The highest BCUT2D eigenvalue weighted by atomic mass is 16.5. The van der Waals surface area contributed by atoms with Crippen molar-refractivity contribution in [2.75, 3.05) is 13.7 Å². The molecule has 2 rings (SSSR count). The smallest absolute Gasteiger partial charge is 0.137 e. The number of aliphatic hydroxyl groups excluding tert-OH is 1. The van der Waals surface area contributed by atoms with Crippen LogP contribution in [-0.2, 0) is 9.47 Å². The molecule has 0 bridgehead atoms. The summed E-state index contributed by atoms with van der Waals surface area (Å²) in [6.45, 7) is 0.702. The van der Waals surface area contributed by atoms with Crippen molar-refractivity contribution in [1.29, 1.82) is 0 Å². The molecule has 1 fully saturated rings. The molecular weight excluding hydrogens is 204 g/mol. The summed E-state index contributed by atoms with van der Waals surface area (Å²) in [5, 5.41) is 10.2. The molecule has 0 amide bonds. The fourth-order valence-corrected chi connectivity index (χ4v) is 2.85. The summed E-state index contributed by atoms with van der Waals surface area (Å²) in [6, 6.07) is 0. The highest BCUT2D eigenvalue weighted by Gasteiger charge is 2.33. The van der Waals surface area contributed by atoms with Crippen LogP contribution in [0.2, 0.25) is 0 Å². The molecule has 1 aliphatic carbocycles. The van der Waals surface area contributed by atoms with Crippen LogP contribution in [0, 0.1) is 5.92 Å². The van der Waals surface area contributed by atoms with E-state index in [1.807, 2.05) is 6.08 Å². The number of methoxy groups -OCH3 is 1. The van der Waals surface area contributed by atoms with E-state index < -0.39 is 6.10 Å². The molecule has 92 valence electrons. The minimum Gasteiger partial charge on any atom is -0.495 e. The Morgan fingerprint density at radius 1 is 1.38 bits per heavy atom. The lowest BCUT2D eigenvalue weighted by molar-refractivity contribution is -0.0565. The molecule has 0 spiro atoms. The van der Waals surface area contributed by atoms with Gasteiger partial charge in [0.05, 0.1) is 12.7 Å². The number of ether oxygens (including phenoxy) is 2. The molecule has 2 unspecified atom stereocenters. The van der Waals surface area contributed by atoms with Crippen LogP contribution in [0.5, 0.6) is 0 Å². The molecule has 0 aromatic carbocycles. The fourth-order valence-electron chi connectivity index (χ4n) is 2.85. The van der Waals surface area contributed by atoms with Gasteiger partial charge in [-0.2, -0.15) is 0 Å². The first-order valence-electron chi connectivity index (χ1n) is 6.36. The summed E-state index contributed by atoms with van der Waals surface area (Å²) in [5.74, 6) is 1.20. The highest BCUT2D eigenvalue weighted by molar-refractivity contribution is 5.07. The fraction of sp³-hybridized carbons (Fsp3) is 0.846. The average Bonchev–Trinajstić information content (AvgIpc) is 2.85.